The molecule has 2 N–H and O–H groups in total. The summed E-state index contributed by atoms with van der Waals surface area (Å²) in [5, 5.41) is 5.89. The molecule has 5 nitrogen and oxygen atoms in total. The van der Waals surface area contributed by atoms with Crippen molar-refractivity contribution in [2.75, 3.05) is 27.3 Å². The van der Waals surface area contributed by atoms with Gasteiger partial charge in [0.25, 0.3) is 5.91 Å². The lowest BCUT2D eigenvalue weighted by atomic mass is 10.2. The Kier molecular flexibility index (Phi) is 6.87. The van der Waals surface area contributed by atoms with Crippen LogP contribution in [-0.2, 0) is 11.3 Å². The maximum Gasteiger partial charge on any atom is 0.257 e. The Morgan fingerprint density at radius 2 is 2.10 bits per heavy atom. The van der Waals surface area contributed by atoms with E-state index in [0.29, 0.717) is 24.8 Å². The molecule has 1 aromatic rings. The van der Waals surface area contributed by atoms with Crippen LogP contribution in [0.4, 0.5) is 0 Å². The number of amides is 1. The Labute approximate surface area is 120 Å². The molecule has 1 aromatic carbocycles. The van der Waals surface area contributed by atoms with E-state index in [1.807, 2.05) is 25.2 Å². The first-order valence-corrected chi connectivity index (χ1v) is 6.77. The first-order chi connectivity index (χ1) is 9.56. The van der Waals surface area contributed by atoms with Gasteiger partial charge in [0.1, 0.15) is 11.5 Å². The molecule has 1 rings (SSSR count). The number of ether oxygens (including phenoxy) is 2. The van der Waals surface area contributed by atoms with Crippen LogP contribution in [0, 0.1) is 5.92 Å². The van der Waals surface area contributed by atoms with E-state index in [2.05, 4.69) is 24.5 Å². The van der Waals surface area contributed by atoms with Crippen molar-refractivity contribution >= 4 is 5.91 Å². The fourth-order valence-electron chi connectivity index (χ4n) is 1.66. The molecule has 0 spiro atoms. The largest absolute Gasteiger partial charge is 0.497 e. The zero-order valence-corrected chi connectivity index (χ0v) is 12.7. The summed E-state index contributed by atoms with van der Waals surface area (Å²) in [6, 6.07) is 5.54. The van der Waals surface area contributed by atoms with E-state index in [9.17, 15) is 4.79 Å². The molecular formula is C15H24N2O3. The molecule has 0 atom stereocenters. The molecule has 0 saturated carbocycles. The van der Waals surface area contributed by atoms with Crippen molar-refractivity contribution in [2.45, 2.75) is 20.4 Å². The minimum atomic E-state index is -0.107. The Morgan fingerprint density at radius 1 is 1.35 bits per heavy atom. The van der Waals surface area contributed by atoms with Gasteiger partial charge < -0.3 is 20.1 Å². The molecular weight excluding hydrogens is 256 g/mol. The van der Waals surface area contributed by atoms with Crippen molar-refractivity contribution in [1.82, 2.24) is 10.6 Å². The second kappa shape index (κ2) is 8.43. The lowest BCUT2D eigenvalue weighted by Gasteiger charge is -2.13. The summed E-state index contributed by atoms with van der Waals surface area (Å²) in [6.45, 7) is 5.44. The number of nitrogens with one attached hydrogen (secondary N) is 2. The monoisotopic (exact) mass is 280 g/mol. The zero-order chi connectivity index (χ0) is 15.0. The fraction of sp³-hybridized carbons (Fsp3) is 0.533. The van der Waals surface area contributed by atoms with Gasteiger partial charge in [0.05, 0.1) is 7.11 Å². The van der Waals surface area contributed by atoms with Gasteiger partial charge in [-0.15, -0.1) is 0 Å². The lowest BCUT2D eigenvalue weighted by molar-refractivity contribution is -0.123. The Bertz CT molecular complexity index is 433. The minimum absolute atomic E-state index is 0.0236. The van der Waals surface area contributed by atoms with Crippen LogP contribution >= 0.6 is 0 Å². The van der Waals surface area contributed by atoms with Gasteiger partial charge in [-0.2, -0.15) is 0 Å². The van der Waals surface area contributed by atoms with Gasteiger partial charge in [-0.3, -0.25) is 4.79 Å². The fourth-order valence-corrected chi connectivity index (χ4v) is 1.66. The number of benzene rings is 1. The van der Waals surface area contributed by atoms with Crippen LogP contribution in [-0.4, -0.2) is 33.2 Å². The number of carbonyl (C=O) groups excluding carboxylic acids is 1. The lowest BCUT2D eigenvalue weighted by Crippen LogP contribution is -2.31. The van der Waals surface area contributed by atoms with E-state index < -0.39 is 0 Å². The SMILES string of the molecule is CNCc1cc(OC)ccc1OCC(=O)NCC(C)C. The quantitative estimate of drug-likeness (QED) is 0.759. The predicted octanol–water partition coefficient (Wildman–Crippen LogP) is 1.57. The molecule has 0 fully saturated rings. The summed E-state index contributed by atoms with van der Waals surface area (Å²) < 4.78 is 10.8. The van der Waals surface area contributed by atoms with Gasteiger partial charge in [-0.1, -0.05) is 13.8 Å². The molecule has 112 valence electrons. The third kappa shape index (κ3) is 5.48. The molecule has 0 aliphatic carbocycles. The first kappa shape index (κ1) is 16.3. The number of hydrogen-bond donors (Lipinski definition) is 2. The summed E-state index contributed by atoms with van der Waals surface area (Å²) in [5.41, 5.74) is 0.962. The molecule has 0 aromatic heterocycles. The van der Waals surface area contributed by atoms with Crippen LogP contribution in [0.3, 0.4) is 0 Å². The van der Waals surface area contributed by atoms with Crippen molar-refractivity contribution in [2.24, 2.45) is 5.92 Å². The van der Waals surface area contributed by atoms with Gasteiger partial charge >= 0.3 is 0 Å². The maximum atomic E-state index is 11.6. The van der Waals surface area contributed by atoms with Crippen molar-refractivity contribution in [3.05, 3.63) is 23.8 Å². The van der Waals surface area contributed by atoms with E-state index in [-0.39, 0.29) is 12.5 Å². The average Bonchev–Trinajstić information content (AvgIpc) is 2.43. The van der Waals surface area contributed by atoms with Gasteiger partial charge in [-0.25, -0.2) is 0 Å². The average molecular weight is 280 g/mol. The zero-order valence-electron chi connectivity index (χ0n) is 12.7. The molecule has 5 heteroatoms. The molecule has 0 bridgehead atoms. The Morgan fingerprint density at radius 3 is 2.70 bits per heavy atom. The van der Waals surface area contributed by atoms with Gasteiger partial charge in [-0.05, 0) is 31.2 Å². The summed E-state index contributed by atoms with van der Waals surface area (Å²) in [4.78, 5) is 11.6. The second-order valence-electron chi connectivity index (χ2n) is 4.99. The van der Waals surface area contributed by atoms with Gasteiger partial charge in [0.15, 0.2) is 6.61 Å². The Balaban J connectivity index is 2.60. The molecule has 20 heavy (non-hydrogen) atoms. The molecule has 1 amide bonds. The minimum Gasteiger partial charge on any atom is -0.497 e. The van der Waals surface area contributed by atoms with Crippen molar-refractivity contribution in [1.29, 1.82) is 0 Å². The smallest absolute Gasteiger partial charge is 0.257 e. The van der Waals surface area contributed by atoms with Crippen LogP contribution < -0.4 is 20.1 Å². The summed E-state index contributed by atoms with van der Waals surface area (Å²) in [6.07, 6.45) is 0. The van der Waals surface area contributed by atoms with Gasteiger partial charge in [0.2, 0.25) is 0 Å². The second-order valence-corrected chi connectivity index (χ2v) is 4.99. The highest BCUT2D eigenvalue weighted by atomic mass is 16.5. The highest BCUT2D eigenvalue weighted by molar-refractivity contribution is 5.77. The first-order valence-electron chi connectivity index (χ1n) is 6.77. The van der Waals surface area contributed by atoms with E-state index in [0.717, 1.165) is 11.3 Å². The molecule has 0 heterocycles. The van der Waals surface area contributed by atoms with Crippen molar-refractivity contribution in [3.63, 3.8) is 0 Å². The molecule has 0 unspecified atom stereocenters. The number of carbonyl (C=O) groups is 1. The van der Waals surface area contributed by atoms with E-state index in [1.54, 1.807) is 7.11 Å². The third-order valence-electron chi connectivity index (χ3n) is 2.70. The maximum absolute atomic E-state index is 11.6. The standard InChI is InChI=1S/C15H24N2O3/c1-11(2)8-17-15(18)10-20-14-6-5-13(19-4)7-12(14)9-16-3/h5-7,11,16H,8-10H2,1-4H3,(H,17,18). The van der Waals surface area contributed by atoms with Crippen LogP contribution in [0.25, 0.3) is 0 Å². The van der Waals surface area contributed by atoms with Crippen molar-refractivity contribution < 1.29 is 14.3 Å². The number of methoxy groups -OCH3 is 1. The normalized spacial score (nSPS) is 10.4. The van der Waals surface area contributed by atoms with Crippen LogP contribution in [0.1, 0.15) is 19.4 Å². The number of hydrogen-bond acceptors (Lipinski definition) is 4. The molecule has 0 radical (unpaired) electrons. The molecule has 0 aliphatic heterocycles. The predicted molar refractivity (Wildman–Crippen MR) is 79.1 cm³/mol. The van der Waals surface area contributed by atoms with E-state index >= 15 is 0 Å². The highest BCUT2D eigenvalue weighted by Gasteiger charge is 2.08. The topological polar surface area (TPSA) is 59.6 Å². The highest BCUT2D eigenvalue weighted by Crippen LogP contribution is 2.24. The van der Waals surface area contributed by atoms with E-state index in [1.165, 1.54) is 0 Å². The molecule has 0 aliphatic rings. The summed E-state index contributed by atoms with van der Waals surface area (Å²) in [7, 11) is 3.48. The molecule has 0 saturated heterocycles. The Hall–Kier alpha value is -1.75. The summed E-state index contributed by atoms with van der Waals surface area (Å²) in [5.74, 6) is 1.79. The third-order valence-corrected chi connectivity index (χ3v) is 2.70. The number of rotatable bonds is 8. The van der Waals surface area contributed by atoms with Crippen LogP contribution in [0.15, 0.2) is 18.2 Å². The van der Waals surface area contributed by atoms with Crippen LogP contribution in [0.2, 0.25) is 0 Å². The van der Waals surface area contributed by atoms with E-state index in [4.69, 9.17) is 9.47 Å². The van der Waals surface area contributed by atoms with Crippen LogP contribution in [0.5, 0.6) is 11.5 Å². The van der Waals surface area contributed by atoms with Gasteiger partial charge in [0, 0.05) is 18.7 Å². The summed E-state index contributed by atoms with van der Waals surface area (Å²) >= 11 is 0. The van der Waals surface area contributed by atoms with Crippen molar-refractivity contribution in [3.8, 4) is 11.5 Å².